The van der Waals surface area contributed by atoms with E-state index in [0.29, 0.717) is 11.4 Å². The second-order valence-electron chi connectivity index (χ2n) is 4.62. The molecule has 1 N–H and O–H groups in total. The Morgan fingerprint density at radius 3 is 2.83 bits per heavy atom. The number of rotatable bonds is 6. The van der Waals surface area contributed by atoms with E-state index in [0.717, 1.165) is 11.7 Å². The summed E-state index contributed by atoms with van der Waals surface area (Å²) < 4.78 is 0. The molecule has 1 aliphatic carbocycles. The average molecular weight is 268 g/mol. The molecule has 6 heteroatoms. The summed E-state index contributed by atoms with van der Waals surface area (Å²) >= 11 is 1.63. The maximum Gasteiger partial charge on any atom is 0.287 e. The van der Waals surface area contributed by atoms with Crippen molar-refractivity contribution in [3.63, 3.8) is 0 Å². The third kappa shape index (κ3) is 3.35. The Kier molecular flexibility index (Phi) is 4.41. The lowest BCUT2D eigenvalue weighted by atomic mass is 10.1. The molecule has 0 radical (unpaired) electrons. The van der Waals surface area contributed by atoms with Crippen molar-refractivity contribution in [2.75, 3.05) is 11.5 Å². The topological polar surface area (TPSA) is 76.0 Å². The first-order valence-electron chi connectivity index (χ1n) is 6.10. The Morgan fingerprint density at radius 2 is 2.22 bits per heavy atom. The predicted octanol–water partition coefficient (Wildman–Crippen LogP) is 3.03. The summed E-state index contributed by atoms with van der Waals surface area (Å²) in [6.07, 6.45) is 6.42. The number of hydrogen-bond donors (Lipinski definition) is 1. The van der Waals surface area contributed by atoms with E-state index in [2.05, 4.69) is 4.98 Å². The Bertz CT molecular complexity index is 438. The fraction of sp³-hybridized carbons (Fsp3) is 0.583. The van der Waals surface area contributed by atoms with E-state index in [4.69, 9.17) is 0 Å². The van der Waals surface area contributed by atoms with Gasteiger partial charge in [0.25, 0.3) is 5.69 Å². The highest BCUT2D eigenvalue weighted by Crippen LogP contribution is 2.28. The highest BCUT2D eigenvalue weighted by atomic mass is 32.2. The van der Waals surface area contributed by atoms with Crippen molar-refractivity contribution in [3.05, 3.63) is 28.1 Å². The minimum Gasteiger partial charge on any atom is -0.353 e. The van der Waals surface area contributed by atoms with Crippen LogP contribution in [0.1, 0.15) is 36.2 Å². The Balaban J connectivity index is 1.77. The number of carbonyl (C=O) groups is 1. The van der Waals surface area contributed by atoms with Crippen LogP contribution in [0.3, 0.4) is 0 Å². The van der Waals surface area contributed by atoms with E-state index in [1.54, 1.807) is 11.8 Å². The van der Waals surface area contributed by atoms with Crippen molar-refractivity contribution < 1.29 is 9.72 Å². The number of Topliss-reactive ketones (excluding diaryl/α,β-unsaturated/α-hetero) is 1. The highest BCUT2D eigenvalue weighted by Gasteiger charge is 2.17. The Morgan fingerprint density at radius 1 is 1.50 bits per heavy atom. The quantitative estimate of drug-likeness (QED) is 0.489. The zero-order valence-corrected chi connectivity index (χ0v) is 10.9. The first-order valence-corrected chi connectivity index (χ1v) is 7.26. The number of carbonyl (C=O) groups excluding carboxylic acids is 1. The van der Waals surface area contributed by atoms with Crippen molar-refractivity contribution in [1.29, 1.82) is 0 Å². The largest absolute Gasteiger partial charge is 0.353 e. The fourth-order valence-electron chi connectivity index (χ4n) is 2.22. The smallest absolute Gasteiger partial charge is 0.287 e. The molecular weight excluding hydrogens is 252 g/mol. The number of H-pyrrole nitrogens is 1. The van der Waals surface area contributed by atoms with Crippen LogP contribution in [-0.2, 0) is 0 Å². The Labute approximate surface area is 109 Å². The molecule has 1 aromatic rings. The van der Waals surface area contributed by atoms with Crippen LogP contribution in [0.25, 0.3) is 0 Å². The van der Waals surface area contributed by atoms with Gasteiger partial charge in [-0.15, -0.1) is 0 Å². The van der Waals surface area contributed by atoms with Crippen molar-refractivity contribution in [2.45, 2.75) is 25.7 Å². The van der Waals surface area contributed by atoms with Crippen LogP contribution in [-0.4, -0.2) is 27.2 Å². The number of ketones is 1. The molecule has 0 unspecified atom stereocenters. The van der Waals surface area contributed by atoms with E-state index >= 15 is 0 Å². The molecule has 1 aliphatic rings. The van der Waals surface area contributed by atoms with Gasteiger partial charge in [-0.05, 0) is 24.5 Å². The first kappa shape index (κ1) is 13.1. The number of hydrogen-bond acceptors (Lipinski definition) is 4. The molecule has 0 aliphatic heterocycles. The van der Waals surface area contributed by atoms with Gasteiger partial charge in [0.2, 0.25) is 0 Å². The summed E-state index contributed by atoms with van der Waals surface area (Å²) in [4.78, 5) is 24.4. The maximum absolute atomic E-state index is 11.8. The first-order chi connectivity index (χ1) is 8.66. The standard InChI is InChI=1S/C12H16N2O3S/c15-12(8-18-7-9-3-1-2-4-9)11-5-10(6-13-11)14(16)17/h5-6,9,13H,1-4,7-8H2. The molecule has 0 spiro atoms. The normalized spacial score (nSPS) is 16.0. The fourth-order valence-corrected chi connectivity index (χ4v) is 3.35. The van der Waals surface area contributed by atoms with Crippen LogP contribution in [0.2, 0.25) is 0 Å². The average Bonchev–Trinajstić information content (AvgIpc) is 2.99. The molecule has 0 atom stereocenters. The van der Waals surface area contributed by atoms with Gasteiger partial charge in [0.05, 0.1) is 22.6 Å². The van der Waals surface area contributed by atoms with Gasteiger partial charge in [0.1, 0.15) is 0 Å². The Hall–Kier alpha value is -1.30. The lowest BCUT2D eigenvalue weighted by Gasteiger charge is -2.06. The summed E-state index contributed by atoms with van der Waals surface area (Å²) in [5.41, 5.74) is 0.278. The molecule has 1 fully saturated rings. The molecule has 1 aromatic heterocycles. The zero-order valence-electron chi connectivity index (χ0n) is 10.1. The summed E-state index contributed by atoms with van der Waals surface area (Å²) in [5, 5.41) is 10.5. The van der Waals surface area contributed by atoms with E-state index in [1.807, 2.05) is 0 Å². The third-order valence-corrected chi connectivity index (χ3v) is 4.41. The monoisotopic (exact) mass is 268 g/mol. The molecule has 5 nitrogen and oxygen atoms in total. The van der Waals surface area contributed by atoms with Gasteiger partial charge in [0, 0.05) is 6.07 Å². The molecule has 98 valence electrons. The van der Waals surface area contributed by atoms with Gasteiger partial charge in [-0.25, -0.2) is 0 Å². The molecule has 0 saturated heterocycles. The lowest BCUT2D eigenvalue weighted by molar-refractivity contribution is -0.384. The lowest BCUT2D eigenvalue weighted by Crippen LogP contribution is -2.05. The van der Waals surface area contributed by atoms with E-state index in [1.165, 1.54) is 37.9 Å². The summed E-state index contributed by atoms with van der Waals surface area (Å²) in [6, 6.07) is 1.30. The molecular formula is C12H16N2O3S. The van der Waals surface area contributed by atoms with Crippen LogP contribution >= 0.6 is 11.8 Å². The molecule has 2 rings (SSSR count). The van der Waals surface area contributed by atoms with Crippen molar-refractivity contribution >= 4 is 23.2 Å². The molecule has 0 amide bonds. The van der Waals surface area contributed by atoms with E-state index in [9.17, 15) is 14.9 Å². The van der Waals surface area contributed by atoms with Gasteiger partial charge in [-0.3, -0.25) is 14.9 Å². The minimum absolute atomic E-state index is 0.0563. The van der Waals surface area contributed by atoms with Gasteiger partial charge in [0.15, 0.2) is 5.78 Å². The summed E-state index contributed by atoms with van der Waals surface area (Å²) in [5.74, 6) is 2.11. The molecule has 1 saturated carbocycles. The summed E-state index contributed by atoms with van der Waals surface area (Å²) in [6.45, 7) is 0. The van der Waals surface area contributed by atoms with Crippen molar-refractivity contribution in [2.24, 2.45) is 5.92 Å². The highest BCUT2D eigenvalue weighted by molar-refractivity contribution is 7.99. The molecule has 0 aromatic carbocycles. The van der Waals surface area contributed by atoms with Crippen molar-refractivity contribution in [3.8, 4) is 0 Å². The number of nitrogens with zero attached hydrogens (tertiary/aromatic N) is 1. The summed E-state index contributed by atoms with van der Waals surface area (Å²) in [7, 11) is 0. The van der Waals surface area contributed by atoms with Crippen LogP contribution in [0, 0.1) is 16.0 Å². The van der Waals surface area contributed by atoms with Crippen LogP contribution in [0.15, 0.2) is 12.3 Å². The van der Waals surface area contributed by atoms with Crippen LogP contribution in [0.5, 0.6) is 0 Å². The second-order valence-corrected chi connectivity index (χ2v) is 5.65. The van der Waals surface area contributed by atoms with E-state index < -0.39 is 4.92 Å². The van der Waals surface area contributed by atoms with Crippen LogP contribution in [0.4, 0.5) is 5.69 Å². The predicted molar refractivity (Wildman–Crippen MR) is 71.1 cm³/mol. The number of aromatic nitrogens is 1. The third-order valence-electron chi connectivity index (χ3n) is 3.24. The zero-order chi connectivity index (χ0) is 13.0. The second kappa shape index (κ2) is 6.04. The molecule has 0 bridgehead atoms. The molecule has 18 heavy (non-hydrogen) atoms. The molecule has 1 heterocycles. The number of thioether (sulfide) groups is 1. The van der Waals surface area contributed by atoms with Gasteiger partial charge in [-0.2, -0.15) is 11.8 Å². The maximum atomic E-state index is 11.8. The van der Waals surface area contributed by atoms with Crippen molar-refractivity contribution in [1.82, 2.24) is 4.98 Å². The minimum atomic E-state index is -0.501. The number of aromatic amines is 1. The SMILES string of the molecule is O=C(CSCC1CCCC1)c1cc([N+](=O)[O-])c[nH]1. The van der Waals surface area contributed by atoms with Gasteiger partial charge >= 0.3 is 0 Å². The van der Waals surface area contributed by atoms with Gasteiger partial charge < -0.3 is 4.98 Å². The van der Waals surface area contributed by atoms with Crippen LogP contribution < -0.4 is 0 Å². The number of nitrogens with one attached hydrogen (secondary N) is 1. The van der Waals surface area contributed by atoms with E-state index in [-0.39, 0.29) is 11.5 Å². The number of nitro groups is 1. The van der Waals surface area contributed by atoms with Gasteiger partial charge in [-0.1, -0.05) is 12.8 Å².